The number of anilines is 1. The van der Waals surface area contributed by atoms with Gasteiger partial charge >= 0.3 is 0 Å². The molecule has 0 saturated carbocycles. The topological polar surface area (TPSA) is 79.7 Å². The fourth-order valence-electron chi connectivity index (χ4n) is 1.82. The van der Waals surface area contributed by atoms with E-state index in [0.717, 1.165) is 0 Å². The summed E-state index contributed by atoms with van der Waals surface area (Å²) >= 11 is 0. The highest BCUT2D eigenvalue weighted by molar-refractivity contribution is 5.84. The minimum atomic E-state index is 0.181. The zero-order valence-corrected chi connectivity index (χ0v) is 9.10. The first-order valence-electron chi connectivity index (χ1n) is 4.98. The van der Waals surface area contributed by atoms with Crippen molar-refractivity contribution in [3.8, 4) is 28.4 Å². The predicted molar refractivity (Wildman–Crippen MR) is 59.0 cm³/mol. The number of hydrogen-bond donors (Lipinski definition) is 1. The smallest absolute Gasteiger partial charge is 0.231 e. The van der Waals surface area contributed by atoms with Gasteiger partial charge in [0.1, 0.15) is 5.75 Å². The van der Waals surface area contributed by atoms with E-state index in [9.17, 15) is 0 Å². The van der Waals surface area contributed by atoms with Crippen molar-refractivity contribution in [1.82, 2.24) is 5.16 Å². The molecule has 2 aromatic rings. The summed E-state index contributed by atoms with van der Waals surface area (Å²) in [5.41, 5.74) is 7.03. The molecule has 2 heterocycles. The first-order valence-corrected chi connectivity index (χ1v) is 4.98. The van der Waals surface area contributed by atoms with Crippen LogP contribution in [0.15, 0.2) is 22.9 Å². The molecule has 0 radical (unpaired) electrons. The van der Waals surface area contributed by atoms with E-state index in [1.807, 2.05) is 0 Å². The second-order valence-electron chi connectivity index (χ2n) is 3.48. The molecule has 3 rings (SSSR count). The Bertz CT molecular complexity index is 565. The van der Waals surface area contributed by atoms with Gasteiger partial charge in [0.2, 0.25) is 12.7 Å². The van der Waals surface area contributed by atoms with E-state index in [4.69, 9.17) is 24.5 Å². The number of nitrogen functional groups attached to an aromatic ring is 1. The molecule has 0 atom stereocenters. The lowest BCUT2D eigenvalue weighted by atomic mass is 10.1. The number of aromatic nitrogens is 1. The number of methoxy groups -OCH3 is 1. The van der Waals surface area contributed by atoms with Crippen LogP contribution in [0.25, 0.3) is 11.1 Å². The van der Waals surface area contributed by atoms with Crippen LogP contribution in [0.2, 0.25) is 0 Å². The summed E-state index contributed by atoms with van der Waals surface area (Å²) in [5, 5.41) is 3.65. The fourth-order valence-corrected chi connectivity index (χ4v) is 1.82. The number of rotatable bonds is 2. The maximum absolute atomic E-state index is 5.71. The van der Waals surface area contributed by atoms with E-state index in [-0.39, 0.29) is 12.7 Å². The maximum atomic E-state index is 5.71. The van der Waals surface area contributed by atoms with Crippen LogP contribution in [0.5, 0.6) is 17.2 Å². The van der Waals surface area contributed by atoms with Gasteiger partial charge in [-0.1, -0.05) is 5.16 Å². The van der Waals surface area contributed by atoms with Gasteiger partial charge < -0.3 is 24.5 Å². The normalized spacial score (nSPS) is 12.8. The lowest BCUT2D eigenvalue weighted by Crippen LogP contribution is -1.95. The molecule has 0 amide bonds. The molecule has 0 fully saturated rings. The lowest BCUT2D eigenvalue weighted by molar-refractivity contribution is 0.174. The molecular weight excluding hydrogens is 224 g/mol. The molecule has 1 aromatic carbocycles. The first-order chi connectivity index (χ1) is 8.31. The lowest BCUT2D eigenvalue weighted by Gasteiger charge is -2.09. The van der Waals surface area contributed by atoms with Gasteiger partial charge in [-0.3, -0.25) is 0 Å². The highest BCUT2D eigenvalue weighted by Crippen LogP contribution is 2.48. The van der Waals surface area contributed by atoms with Gasteiger partial charge in [-0.05, 0) is 12.1 Å². The van der Waals surface area contributed by atoms with Crippen LogP contribution in [0.3, 0.4) is 0 Å². The molecule has 1 aromatic heterocycles. The van der Waals surface area contributed by atoms with E-state index < -0.39 is 0 Å². The minimum Gasteiger partial charge on any atom is -0.496 e. The fraction of sp³-hybridized carbons (Fsp3) is 0.182. The summed E-state index contributed by atoms with van der Waals surface area (Å²) in [5.74, 6) is 2.09. The van der Waals surface area contributed by atoms with Crippen molar-refractivity contribution in [3.05, 3.63) is 18.3 Å². The number of nitrogens with two attached hydrogens (primary N) is 1. The molecule has 1 aliphatic rings. The molecule has 1 aliphatic heterocycles. The Morgan fingerprint density at radius 3 is 2.94 bits per heavy atom. The maximum Gasteiger partial charge on any atom is 0.231 e. The number of benzene rings is 1. The monoisotopic (exact) mass is 234 g/mol. The summed E-state index contributed by atoms with van der Waals surface area (Å²) in [6.45, 7) is 0.181. The number of fused-ring (bicyclic) bond motifs is 1. The Hall–Kier alpha value is -2.37. The van der Waals surface area contributed by atoms with Crippen molar-refractivity contribution in [2.24, 2.45) is 0 Å². The second kappa shape index (κ2) is 3.58. The van der Waals surface area contributed by atoms with Crippen molar-refractivity contribution >= 4 is 5.88 Å². The van der Waals surface area contributed by atoms with Gasteiger partial charge in [-0.25, -0.2) is 0 Å². The van der Waals surface area contributed by atoms with Gasteiger partial charge in [-0.2, -0.15) is 0 Å². The molecule has 17 heavy (non-hydrogen) atoms. The largest absolute Gasteiger partial charge is 0.496 e. The Kier molecular flexibility index (Phi) is 2.07. The molecule has 2 N–H and O–H groups in total. The van der Waals surface area contributed by atoms with Gasteiger partial charge in [0.25, 0.3) is 0 Å². The van der Waals surface area contributed by atoms with Crippen LogP contribution in [0.4, 0.5) is 5.88 Å². The first kappa shape index (κ1) is 9.83. The summed E-state index contributed by atoms with van der Waals surface area (Å²) < 4.78 is 20.9. The van der Waals surface area contributed by atoms with Crippen LogP contribution in [0.1, 0.15) is 0 Å². The van der Waals surface area contributed by atoms with Crippen LogP contribution in [-0.2, 0) is 0 Å². The van der Waals surface area contributed by atoms with Crippen LogP contribution in [-0.4, -0.2) is 19.1 Å². The van der Waals surface area contributed by atoms with Crippen molar-refractivity contribution in [3.63, 3.8) is 0 Å². The van der Waals surface area contributed by atoms with Crippen LogP contribution >= 0.6 is 0 Å². The van der Waals surface area contributed by atoms with Crippen molar-refractivity contribution in [1.29, 1.82) is 0 Å². The third-order valence-electron chi connectivity index (χ3n) is 2.59. The van der Waals surface area contributed by atoms with Gasteiger partial charge in [0.15, 0.2) is 11.5 Å². The third kappa shape index (κ3) is 1.37. The zero-order valence-electron chi connectivity index (χ0n) is 9.10. The minimum absolute atomic E-state index is 0.181. The van der Waals surface area contributed by atoms with E-state index in [1.54, 1.807) is 19.2 Å². The average Bonchev–Trinajstić information content (AvgIpc) is 2.96. The standard InChI is InChI=1S/C11H10N2O4/c1-14-7-2-3-8-10(16-5-15-8)9(7)6-4-13-17-11(6)12/h2-4H,5,12H2,1H3. The van der Waals surface area contributed by atoms with Crippen molar-refractivity contribution < 1.29 is 18.7 Å². The van der Waals surface area contributed by atoms with E-state index >= 15 is 0 Å². The highest BCUT2D eigenvalue weighted by Gasteiger charge is 2.25. The van der Waals surface area contributed by atoms with Crippen molar-refractivity contribution in [2.45, 2.75) is 0 Å². The average molecular weight is 234 g/mol. The molecule has 6 nitrogen and oxygen atoms in total. The molecule has 88 valence electrons. The Balaban J connectivity index is 2.27. The highest BCUT2D eigenvalue weighted by atomic mass is 16.7. The molecule has 0 saturated heterocycles. The molecular formula is C11H10N2O4. The third-order valence-corrected chi connectivity index (χ3v) is 2.59. The molecule has 0 aliphatic carbocycles. The van der Waals surface area contributed by atoms with Gasteiger partial charge in [-0.15, -0.1) is 0 Å². The Morgan fingerprint density at radius 2 is 2.24 bits per heavy atom. The molecule has 6 heteroatoms. The quantitative estimate of drug-likeness (QED) is 0.851. The van der Waals surface area contributed by atoms with Crippen LogP contribution in [0, 0.1) is 0 Å². The van der Waals surface area contributed by atoms with Gasteiger partial charge in [0, 0.05) is 0 Å². The van der Waals surface area contributed by atoms with Crippen LogP contribution < -0.4 is 19.9 Å². The number of ether oxygens (including phenoxy) is 3. The predicted octanol–water partition coefficient (Wildman–Crippen LogP) is 1.66. The molecule has 0 unspecified atom stereocenters. The van der Waals surface area contributed by atoms with E-state index in [2.05, 4.69) is 5.16 Å². The molecule has 0 spiro atoms. The Labute approximate surface area is 96.9 Å². The summed E-state index contributed by atoms with van der Waals surface area (Å²) in [6, 6.07) is 3.57. The Morgan fingerprint density at radius 1 is 1.35 bits per heavy atom. The van der Waals surface area contributed by atoms with Gasteiger partial charge in [0.05, 0.1) is 24.4 Å². The summed E-state index contributed by atoms with van der Waals surface area (Å²) in [7, 11) is 1.57. The second-order valence-corrected chi connectivity index (χ2v) is 3.48. The molecule has 0 bridgehead atoms. The van der Waals surface area contributed by atoms with Crippen molar-refractivity contribution in [2.75, 3.05) is 19.6 Å². The number of nitrogens with zero attached hydrogens (tertiary/aromatic N) is 1. The summed E-state index contributed by atoms with van der Waals surface area (Å²) in [6.07, 6.45) is 1.52. The van der Waals surface area contributed by atoms with E-state index in [1.165, 1.54) is 6.20 Å². The number of hydrogen-bond acceptors (Lipinski definition) is 6. The zero-order chi connectivity index (χ0) is 11.8. The SMILES string of the molecule is COc1ccc2c(c1-c1cnoc1N)OCO2. The van der Waals surface area contributed by atoms with E-state index in [0.29, 0.717) is 28.4 Å². The summed E-state index contributed by atoms with van der Waals surface area (Å²) in [4.78, 5) is 0.